The third kappa shape index (κ3) is 4.47. The van der Waals surface area contributed by atoms with E-state index in [0.717, 1.165) is 5.56 Å². The van der Waals surface area contributed by atoms with Gasteiger partial charge in [-0.15, -0.1) is 0 Å². The van der Waals surface area contributed by atoms with E-state index in [9.17, 15) is 4.79 Å². The normalized spacial score (nSPS) is 10.4. The number of nitrogens with one attached hydrogen (secondary N) is 2. The Morgan fingerprint density at radius 3 is 2.65 bits per heavy atom. The van der Waals surface area contributed by atoms with E-state index in [1.165, 1.54) is 0 Å². The van der Waals surface area contributed by atoms with Crippen molar-refractivity contribution in [3.05, 3.63) is 75.8 Å². The van der Waals surface area contributed by atoms with Crippen LogP contribution in [0.25, 0.3) is 0 Å². The number of aryl methyl sites for hydroxylation is 1. The molecule has 1 aromatic carbocycles. The van der Waals surface area contributed by atoms with Crippen LogP contribution >= 0.6 is 23.2 Å². The summed E-state index contributed by atoms with van der Waals surface area (Å²) in [5.74, 6) is -0.0317. The Bertz CT molecular complexity index is 934. The molecule has 0 radical (unpaired) electrons. The van der Waals surface area contributed by atoms with Crippen molar-refractivity contribution in [3.8, 4) is 0 Å². The van der Waals surface area contributed by atoms with Crippen molar-refractivity contribution in [2.24, 2.45) is 0 Å². The number of benzene rings is 1. The van der Waals surface area contributed by atoms with Crippen LogP contribution in [0.3, 0.4) is 0 Å². The van der Waals surface area contributed by atoms with E-state index in [1.54, 1.807) is 43.6 Å². The average Bonchev–Trinajstić information content (AvgIpc) is 2.64. The van der Waals surface area contributed by atoms with Crippen LogP contribution in [0.1, 0.15) is 21.7 Å². The number of amides is 1. The van der Waals surface area contributed by atoms with Gasteiger partial charge in [0.05, 0.1) is 15.7 Å². The summed E-state index contributed by atoms with van der Waals surface area (Å²) in [5.41, 5.74) is 2.35. The van der Waals surface area contributed by atoms with Crippen LogP contribution in [-0.4, -0.2) is 20.9 Å². The van der Waals surface area contributed by atoms with Gasteiger partial charge in [0.25, 0.3) is 5.91 Å². The van der Waals surface area contributed by atoms with E-state index in [2.05, 4.69) is 25.6 Å². The second kappa shape index (κ2) is 8.12. The molecular formula is C18H15Cl2N5O. The maximum atomic E-state index is 12.5. The molecule has 26 heavy (non-hydrogen) atoms. The van der Waals surface area contributed by atoms with E-state index >= 15 is 0 Å². The average molecular weight is 388 g/mol. The van der Waals surface area contributed by atoms with E-state index < -0.39 is 5.91 Å². The Balaban J connectivity index is 1.76. The minimum absolute atomic E-state index is 0.228. The third-order valence-electron chi connectivity index (χ3n) is 3.49. The van der Waals surface area contributed by atoms with Gasteiger partial charge in [-0.05, 0) is 42.8 Å². The molecular weight excluding hydrogens is 373 g/mol. The van der Waals surface area contributed by atoms with Gasteiger partial charge in [0, 0.05) is 24.6 Å². The van der Waals surface area contributed by atoms with Crippen molar-refractivity contribution < 1.29 is 4.79 Å². The number of carbonyl (C=O) groups excluding carboxylic acids is 1. The van der Waals surface area contributed by atoms with Crippen LogP contribution < -0.4 is 10.6 Å². The first-order valence-electron chi connectivity index (χ1n) is 7.77. The zero-order valence-electron chi connectivity index (χ0n) is 13.8. The van der Waals surface area contributed by atoms with Gasteiger partial charge in [0.2, 0.25) is 5.95 Å². The Labute approximate surface area is 160 Å². The molecule has 0 spiro atoms. The summed E-state index contributed by atoms with van der Waals surface area (Å²) in [7, 11) is 0. The van der Waals surface area contributed by atoms with Crippen molar-refractivity contribution in [1.82, 2.24) is 15.0 Å². The molecule has 2 N–H and O–H groups in total. The number of rotatable bonds is 5. The molecule has 0 aliphatic rings. The maximum absolute atomic E-state index is 12.5. The summed E-state index contributed by atoms with van der Waals surface area (Å²) >= 11 is 12.1. The zero-order chi connectivity index (χ0) is 18.5. The van der Waals surface area contributed by atoms with Crippen LogP contribution in [0.15, 0.2) is 48.8 Å². The number of carbonyl (C=O) groups is 1. The Morgan fingerprint density at radius 1 is 1.12 bits per heavy atom. The van der Waals surface area contributed by atoms with E-state index in [4.69, 9.17) is 23.2 Å². The summed E-state index contributed by atoms with van der Waals surface area (Å²) < 4.78 is 0. The highest BCUT2D eigenvalue weighted by molar-refractivity contribution is 6.44. The standard InChI is InChI=1S/C18H15Cl2N5O/c1-11-9-15(17(26)24-14-4-2-3-13(19)16(14)20)25-18(23-11)22-10-12-5-7-21-8-6-12/h2-9H,10H2,1H3,(H,24,26)(H,22,23,25). The highest BCUT2D eigenvalue weighted by Gasteiger charge is 2.13. The molecule has 0 aliphatic heterocycles. The second-order valence-electron chi connectivity index (χ2n) is 5.48. The number of aromatic nitrogens is 3. The molecule has 0 unspecified atom stereocenters. The lowest BCUT2D eigenvalue weighted by Gasteiger charge is -2.10. The van der Waals surface area contributed by atoms with Crippen LogP contribution in [-0.2, 0) is 6.54 Å². The predicted octanol–water partition coefficient (Wildman–Crippen LogP) is 4.35. The molecule has 8 heteroatoms. The third-order valence-corrected chi connectivity index (χ3v) is 4.31. The number of hydrogen-bond donors (Lipinski definition) is 2. The fraction of sp³-hybridized carbons (Fsp3) is 0.111. The summed E-state index contributed by atoms with van der Waals surface area (Å²) in [5, 5.41) is 6.46. The van der Waals surface area contributed by atoms with Crippen molar-refractivity contribution >= 4 is 40.7 Å². The molecule has 6 nitrogen and oxygen atoms in total. The lowest BCUT2D eigenvalue weighted by atomic mass is 10.2. The number of halogens is 2. The topological polar surface area (TPSA) is 79.8 Å². The monoisotopic (exact) mass is 387 g/mol. The van der Waals surface area contributed by atoms with E-state index in [0.29, 0.717) is 28.9 Å². The van der Waals surface area contributed by atoms with Gasteiger partial charge >= 0.3 is 0 Å². The van der Waals surface area contributed by atoms with Crippen molar-refractivity contribution in [1.29, 1.82) is 0 Å². The zero-order valence-corrected chi connectivity index (χ0v) is 15.3. The van der Waals surface area contributed by atoms with Gasteiger partial charge in [-0.3, -0.25) is 9.78 Å². The summed E-state index contributed by atoms with van der Waals surface area (Å²) in [6, 6.07) is 10.4. The number of hydrogen-bond acceptors (Lipinski definition) is 5. The molecule has 1 amide bonds. The molecule has 0 aliphatic carbocycles. The van der Waals surface area contributed by atoms with Crippen molar-refractivity contribution in [3.63, 3.8) is 0 Å². The molecule has 0 fully saturated rings. The number of anilines is 2. The largest absolute Gasteiger partial charge is 0.350 e. The fourth-order valence-corrected chi connectivity index (χ4v) is 2.58. The smallest absolute Gasteiger partial charge is 0.274 e. The molecule has 2 aromatic heterocycles. The van der Waals surface area contributed by atoms with Gasteiger partial charge in [0.15, 0.2) is 0 Å². The van der Waals surface area contributed by atoms with Crippen LogP contribution in [0.5, 0.6) is 0 Å². The number of nitrogens with zero attached hydrogens (tertiary/aromatic N) is 3. The van der Waals surface area contributed by atoms with Gasteiger partial charge in [-0.25, -0.2) is 9.97 Å². The van der Waals surface area contributed by atoms with Gasteiger partial charge < -0.3 is 10.6 Å². The first kappa shape index (κ1) is 18.1. The first-order chi connectivity index (χ1) is 12.5. The molecule has 0 saturated carbocycles. The minimum Gasteiger partial charge on any atom is -0.350 e. The lowest BCUT2D eigenvalue weighted by molar-refractivity contribution is 0.102. The second-order valence-corrected chi connectivity index (χ2v) is 6.27. The van der Waals surface area contributed by atoms with E-state index in [1.807, 2.05) is 12.1 Å². The predicted molar refractivity (Wildman–Crippen MR) is 103 cm³/mol. The molecule has 2 heterocycles. The SMILES string of the molecule is Cc1cc(C(=O)Nc2cccc(Cl)c2Cl)nc(NCc2ccncc2)n1. The molecule has 3 aromatic rings. The molecule has 3 rings (SSSR count). The fourth-order valence-electron chi connectivity index (χ4n) is 2.23. The van der Waals surface area contributed by atoms with Crippen LogP contribution in [0.2, 0.25) is 10.0 Å². The highest BCUT2D eigenvalue weighted by atomic mass is 35.5. The highest BCUT2D eigenvalue weighted by Crippen LogP contribution is 2.29. The Kier molecular flexibility index (Phi) is 5.65. The van der Waals surface area contributed by atoms with E-state index in [-0.39, 0.29) is 10.7 Å². The Hall–Kier alpha value is -2.70. The van der Waals surface area contributed by atoms with Crippen molar-refractivity contribution in [2.75, 3.05) is 10.6 Å². The molecule has 132 valence electrons. The Morgan fingerprint density at radius 2 is 1.88 bits per heavy atom. The maximum Gasteiger partial charge on any atom is 0.274 e. The van der Waals surface area contributed by atoms with Gasteiger partial charge in [-0.2, -0.15) is 0 Å². The summed E-state index contributed by atoms with van der Waals surface area (Å²) in [6.07, 6.45) is 3.42. The molecule has 0 atom stereocenters. The minimum atomic E-state index is -0.397. The van der Waals surface area contributed by atoms with Gasteiger partial charge in [0.1, 0.15) is 5.69 Å². The summed E-state index contributed by atoms with van der Waals surface area (Å²) in [6.45, 7) is 2.32. The lowest BCUT2D eigenvalue weighted by Crippen LogP contribution is -2.16. The molecule has 0 saturated heterocycles. The van der Waals surface area contributed by atoms with Gasteiger partial charge in [-0.1, -0.05) is 29.3 Å². The first-order valence-corrected chi connectivity index (χ1v) is 8.52. The van der Waals surface area contributed by atoms with Crippen LogP contribution in [0.4, 0.5) is 11.6 Å². The van der Waals surface area contributed by atoms with Crippen molar-refractivity contribution in [2.45, 2.75) is 13.5 Å². The number of pyridine rings is 1. The van der Waals surface area contributed by atoms with Crippen LogP contribution in [0, 0.1) is 6.92 Å². The quantitative estimate of drug-likeness (QED) is 0.679. The molecule has 0 bridgehead atoms. The summed E-state index contributed by atoms with van der Waals surface area (Å²) in [4.78, 5) is 25.1.